The molecule has 1 aromatic rings. The van der Waals surface area contributed by atoms with Crippen molar-refractivity contribution in [2.24, 2.45) is 0 Å². The monoisotopic (exact) mass is 248 g/mol. The van der Waals surface area contributed by atoms with Crippen LogP contribution in [0.1, 0.15) is 55.8 Å². The lowest BCUT2D eigenvalue weighted by Crippen LogP contribution is -2.38. The maximum absolute atomic E-state index is 10.7. The number of hydrogen-bond acceptors (Lipinski definition) is 2. The molecular formula is C16H24O2. The zero-order valence-corrected chi connectivity index (χ0v) is 11.5. The normalized spacial score (nSPS) is 21.3. The molecule has 2 nitrogen and oxygen atoms in total. The molecule has 1 N–H and O–H groups in total. The van der Waals surface area contributed by atoms with Crippen LogP contribution in [0, 0.1) is 6.92 Å². The lowest BCUT2D eigenvalue weighted by atomic mass is 9.84. The Bertz CT molecular complexity index is 361. The first kappa shape index (κ1) is 13.6. The maximum Gasteiger partial charge on any atom is 0.108 e. The third-order valence-corrected chi connectivity index (χ3v) is 4.25. The fourth-order valence-electron chi connectivity index (χ4n) is 2.97. The molecule has 100 valence electrons. The molecule has 1 unspecified atom stereocenters. The van der Waals surface area contributed by atoms with Gasteiger partial charge in [0.15, 0.2) is 0 Å². The minimum atomic E-state index is -0.513. The summed E-state index contributed by atoms with van der Waals surface area (Å²) in [6.07, 6.45) is 6.21. The third-order valence-electron chi connectivity index (χ3n) is 4.25. The summed E-state index contributed by atoms with van der Waals surface area (Å²) >= 11 is 0. The number of aliphatic hydroxyl groups excluding tert-OH is 1. The molecule has 0 bridgehead atoms. The van der Waals surface area contributed by atoms with E-state index in [2.05, 4.69) is 19.1 Å². The number of ether oxygens (including phenoxy) is 1. The molecule has 1 aliphatic rings. The molecule has 1 saturated carbocycles. The average molecular weight is 248 g/mol. The van der Waals surface area contributed by atoms with Crippen LogP contribution in [0.25, 0.3) is 0 Å². The molecule has 18 heavy (non-hydrogen) atoms. The van der Waals surface area contributed by atoms with Gasteiger partial charge in [-0.1, -0.05) is 55.5 Å². The van der Waals surface area contributed by atoms with Gasteiger partial charge in [0.1, 0.15) is 6.10 Å². The minimum Gasteiger partial charge on any atom is -0.385 e. The SMILES string of the molecule is COC1(C(O)c2ccc(C)cc2)CCCCCC1. The smallest absolute Gasteiger partial charge is 0.108 e. The van der Waals surface area contributed by atoms with Crippen molar-refractivity contribution in [3.05, 3.63) is 35.4 Å². The lowest BCUT2D eigenvalue weighted by molar-refractivity contribution is -0.114. The van der Waals surface area contributed by atoms with Crippen LogP contribution in [0.5, 0.6) is 0 Å². The van der Waals surface area contributed by atoms with Crippen LogP contribution in [-0.2, 0) is 4.74 Å². The largest absolute Gasteiger partial charge is 0.385 e. The Labute approximate surface area is 110 Å². The summed E-state index contributed by atoms with van der Waals surface area (Å²) in [6, 6.07) is 8.15. The van der Waals surface area contributed by atoms with Gasteiger partial charge in [-0.2, -0.15) is 0 Å². The highest BCUT2D eigenvalue weighted by Crippen LogP contribution is 2.40. The summed E-state index contributed by atoms with van der Waals surface area (Å²) in [5.74, 6) is 0. The highest BCUT2D eigenvalue weighted by atomic mass is 16.5. The van der Waals surface area contributed by atoms with E-state index >= 15 is 0 Å². The molecule has 0 spiro atoms. The van der Waals surface area contributed by atoms with E-state index in [0.29, 0.717) is 0 Å². The zero-order chi connectivity index (χ0) is 13.0. The first-order valence-corrected chi connectivity index (χ1v) is 6.98. The van der Waals surface area contributed by atoms with Crippen molar-refractivity contribution in [3.8, 4) is 0 Å². The van der Waals surface area contributed by atoms with Crippen LogP contribution < -0.4 is 0 Å². The first-order chi connectivity index (χ1) is 8.68. The maximum atomic E-state index is 10.7. The van der Waals surface area contributed by atoms with Crippen molar-refractivity contribution in [1.29, 1.82) is 0 Å². The second-order valence-electron chi connectivity index (χ2n) is 5.50. The average Bonchev–Trinajstić information content (AvgIpc) is 2.65. The van der Waals surface area contributed by atoms with E-state index < -0.39 is 6.10 Å². The van der Waals surface area contributed by atoms with Crippen molar-refractivity contribution in [2.45, 2.75) is 57.2 Å². The van der Waals surface area contributed by atoms with Crippen molar-refractivity contribution in [1.82, 2.24) is 0 Å². The highest BCUT2D eigenvalue weighted by Gasteiger charge is 2.38. The Balaban J connectivity index is 2.22. The molecule has 0 aliphatic heterocycles. The number of methoxy groups -OCH3 is 1. The fourth-order valence-corrected chi connectivity index (χ4v) is 2.97. The quantitative estimate of drug-likeness (QED) is 0.825. The van der Waals surface area contributed by atoms with Gasteiger partial charge < -0.3 is 9.84 Å². The summed E-state index contributed by atoms with van der Waals surface area (Å²) in [4.78, 5) is 0. The van der Waals surface area contributed by atoms with Crippen LogP contribution in [-0.4, -0.2) is 17.8 Å². The third kappa shape index (κ3) is 2.76. The molecular weight excluding hydrogens is 224 g/mol. The molecule has 0 aromatic heterocycles. The standard InChI is InChI=1S/C16H24O2/c1-13-7-9-14(10-8-13)15(17)16(18-2)11-5-3-4-6-12-16/h7-10,15,17H,3-6,11-12H2,1-2H3. The topological polar surface area (TPSA) is 29.5 Å². The van der Waals surface area contributed by atoms with E-state index in [-0.39, 0.29) is 5.60 Å². The molecule has 0 heterocycles. The number of aliphatic hydroxyl groups is 1. The van der Waals surface area contributed by atoms with Crippen molar-refractivity contribution < 1.29 is 9.84 Å². The second-order valence-corrected chi connectivity index (χ2v) is 5.50. The molecule has 2 heteroatoms. The molecule has 1 aliphatic carbocycles. The molecule has 1 fully saturated rings. The van der Waals surface area contributed by atoms with Gasteiger partial charge in [-0.15, -0.1) is 0 Å². The van der Waals surface area contributed by atoms with Gasteiger partial charge in [0.25, 0.3) is 0 Å². The number of rotatable bonds is 3. The Morgan fingerprint density at radius 2 is 1.61 bits per heavy atom. The number of aryl methyl sites for hydroxylation is 1. The van der Waals surface area contributed by atoms with E-state index in [4.69, 9.17) is 4.74 Å². The second kappa shape index (κ2) is 5.85. The molecule has 1 aromatic carbocycles. The van der Waals surface area contributed by atoms with Gasteiger partial charge in [-0.25, -0.2) is 0 Å². The lowest BCUT2D eigenvalue weighted by Gasteiger charge is -2.36. The molecule has 1 atom stereocenters. The van der Waals surface area contributed by atoms with Gasteiger partial charge in [0.2, 0.25) is 0 Å². The van der Waals surface area contributed by atoms with Crippen molar-refractivity contribution in [2.75, 3.05) is 7.11 Å². The summed E-state index contributed by atoms with van der Waals surface area (Å²) < 4.78 is 5.76. The van der Waals surface area contributed by atoms with E-state index in [1.54, 1.807) is 7.11 Å². The molecule has 0 amide bonds. The zero-order valence-electron chi connectivity index (χ0n) is 11.5. The predicted octanol–water partition coefficient (Wildman–Crippen LogP) is 3.77. The van der Waals surface area contributed by atoms with Gasteiger partial charge in [0.05, 0.1) is 5.60 Å². The van der Waals surface area contributed by atoms with Crippen LogP contribution in [0.4, 0.5) is 0 Å². The van der Waals surface area contributed by atoms with Gasteiger partial charge in [-0.05, 0) is 25.3 Å². The summed E-state index contributed by atoms with van der Waals surface area (Å²) in [7, 11) is 1.74. The van der Waals surface area contributed by atoms with Crippen molar-refractivity contribution >= 4 is 0 Å². The van der Waals surface area contributed by atoms with E-state index in [1.807, 2.05) is 12.1 Å². The number of hydrogen-bond donors (Lipinski definition) is 1. The Morgan fingerprint density at radius 1 is 1.06 bits per heavy atom. The van der Waals surface area contributed by atoms with Gasteiger partial charge in [0, 0.05) is 7.11 Å². The van der Waals surface area contributed by atoms with E-state index in [1.165, 1.54) is 18.4 Å². The van der Waals surface area contributed by atoms with E-state index in [0.717, 1.165) is 31.2 Å². The van der Waals surface area contributed by atoms with Crippen molar-refractivity contribution in [3.63, 3.8) is 0 Å². The van der Waals surface area contributed by atoms with Crippen LogP contribution in [0.15, 0.2) is 24.3 Å². The van der Waals surface area contributed by atoms with Crippen LogP contribution in [0.3, 0.4) is 0 Å². The highest BCUT2D eigenvalue weighted by molar-refractivity contribution is 5.25. The summed E-state index contributed by atoms with van der Waals surface area (Å²) in [5, 5.41) is 10.7. The minimum absolute atomic E-state index is 0.383. The van der Waals surface area contributed by atoms with Crippen LogP contribution in [0.2, 0.25) is 0 Å². The summed E-state index contributed by atoms with van der Waals surface area (Å²) in [5.41, 5.74) is 1.81. The fraction of sp³-hybridized carbons (Fsp3) is 0.625. The van der Waals surface area contributed by atoms with Gasteiger partial charge in [-0.3, -0.25) is 0 Å². The number of benzene rings is 1. The molecule has 0 radical (unpaired) electrons. The van der Waals surface area contributed by atoms with Gasteiger partial charge >= 0.3 is 0 Å². The predicted molar refractivity (Wildman–Crippen MR) is 73.6 cm³/mol. The van der Waals surface area contributed by atoms with Crippen LogP contribution >= 0.6 is 0 Å². The first-order valence-electron chi connectivity index (χ1n) is 6.98. The van der Waals surface area contributed by atoms with E-state index in [9.17, 15) is 5.11 Å². The Kier molecular flexibility index (Phi) is 4.41. The molecule has 2 rings (SSSR count). The Morgan fingerprint density at radius 3 is 2.11 bits per heavy atom. The summed E-state index contributed by atoms with van der Waals surface area (Å²) in [6.45, 7) is 2.06. The molecule has 0 saturated heterocycles. The Hall–Kier alpha value is -0.860.